The van der Waals surface area contributed by atoms with Gasteiger partial charge in [0.25, 0.3) is 5.91 Å². The number of carbonyl (C=O) groups is 1. The van der Waals surface area contributed by atoms with E-state index in [-0.39, 0.29) is 11.7 Å². The lowest BCUT2D eigenvalue weighted by Crippen LogP contribution is -2.22. The first-order valence-electron chi connectivity index (χ1n) is 5.77. The van der Waals surface area contributed by atoms with Crippen LogP contribution < -0.4 is 5.43 Å². The first kappa shape index (κ1) is 14.4. The zero-order valence-corrected chi connectivity index (χ0v) is 12.5. The Labute approximate surface area is 123 Å². The van der Waals surface area contributed by atoms with Crippen LogP contribution in [0.1, 0.15) is 23.0 Å². The Kier molecular flexibility index (Phi) is 4.29. The third-order valence-electron chi connectivity index (χ3n) is 2.70. The normalized spacial score (nSPS) is 11.5. The van der Waals surface area contributed by atoms with Crippen molar-refractivity contribution in [3.05, 3.63) is 52.0 Å². The monoisotopic (exact) mass is 338 g/mol. The first-order valence-corrected chi connectivity index (χ1v) is 6.56. The lowest BCUT2D eigenvalue weighted by Gasteiger charge is -2.04. The van der Waals surface area contributed by atoms with Crippen LogP contribution in [0.5, 0.6) is 0 Å². The summed E-state index contributed by atoms with van der Waals surface area (Å²) in [5, 5.41) is 7.95. The molecule has 2 aromatic rings. The molecule has 0 spiro atoms. The van der Waals surface area contributed by atoms with Crippen molar-refractivity contribution in [2.24, 2.45) is 12.1 Å². The van der Waals surface area contributed by atoms with Gasteiger partial charge in [-0.15, -0.1) is 0 Å². The topological polar surface area (TPSA) is 59.3 Å². The molecule has 0 saturated heterocycles. The van der Waals surface area contributed by atoms with E-state index in [1.54, 1.807) is 26.1 Å². The maximum absolute atomic E-state index is 12.8. The molecule has 0 saturated carbocycles. The highest BCUT2D eigenvalue weighted by atomic mass is 79.9. The molecule has 2 rings (SSSR count). The summed E-state index contributed by atoms with van der Waals surface area (Å²) in [7, 11) is 1.66. The zero-order chi connectivity index (χ0) is 14.7. The van der Waals surface area contributed by atoms with Gasteiger partial charge in [0.05, 0.1) is 16.4 Å². The number of hydrogen-bond acceptors (Lipinski definition) is 3. The minimum Gasteiger partial charge on any atom is -0.266 e. The third kappa shape index (κ3) is 3.11. The van der Waals surface area contributed by atoms with Gasteiger partial charge in [0.2, 0.25) is 0 Å². The molecule has 0 radical (unpaired) electrons. The van der Waals surface area contributed by atoms with Crippen LogP contribution in [-0.2, 0) is 7.05 Å². The van der Waals surface area contributed by atoms with E-state index in [1.807, 2.05) is 0 Å². The van der Waals surface area contributed by atoms with Gasteiger partial charge >= 0.3 is 0 Å². The summed E-state index contributed by atoms with van der Waals surface area (Å²) < 4.78 is 14.9. The average Bonchev–Trinajstić information content (AvgIpc) is 2.76. The Morgan fingerprint density at radius 3 is 2.60 bits per heavy atom. The molecule has 0 aliphatic heterocycles. The lowest BCUT2D eigenvalue weighted by atomic mass is 10.1. The second-order valence-corrected chi connectivity index (χ2v) is 4.96. The average molecular weight is 339 g/mol. The van der Waals surface area contributed by atoms with E-state index in [0.717, 1.165) is 5.56 Å². The standard InChI is InChI=1S/C13H12BrFN4O/c1-8(9-3-5-10(15)6-4-9)17-18-13(20)12-11(14)7-16-19(12)2/h3-7H,1-2H3,(H,18,20). The highest BCUT2D eigenvalue weighted by Crippen LogP contribution is 2.14. The molecule has 0 bridgehead atoms. The van der Waals surface area contributed by atoms with Crippen molar-refractivity contribution in [1.29, 1.82) is 0 Å². The van der Waals surface area contributed by atoms with Gasteiger partial charge in [0.15, 0.2) is 0 Å². The predicted octanol–water partition coefficient (Wildman–Crippen LogP) is 2.48. The Bertz CT molecular complexity index is 644. The predicted molar refractivity (Wildman–Crippen MR) is 77.0 cm³/mol. The van der Waals surface area contributed by atoms with E-state index in [0.29, 0.717) is 15.9 Å². The smallest absolute Gasteiger partial charge is 0.266 e. The van der Waals surface area contributed by atoms with Crippen LogP contribution in [0.2, 0.25) is 0 Å². The second-order valence-electron chi connectivity index (χ2n) is 4.11. The molecule has 0 fully saturated rings. The van der Waals surface area contributed by atoms with Gasteiger partial charge in [-0.1, -0.05) is 12.1 Å². The van der Waals surface area contributed by atoms with Gasteiger partial charge < -0.3 is 0 Å². The Hall–Kier alpha value is -2.02. The van der Waals surface area contributed by atoms with Crippen molar-refractivity contribution >= 4 is 27.5 Å². The molecule has 0 aliphatic rings. The molecular formula is C13H12BrFN4O. The number of nitrogens with one attached hydrogen (secondary N) is 1. The summed E-state index contributed by atoms with van der Waals surface area (Å²) in [6.45, 7) is 1.73. The molecular weight excluding hydrogens is 327 g/mol. The number of hydrazone groups is 1. The highest BCUT2D eigenvalue weighted by Gasteiger charge is 2.14. The van der Waals surface area contributed by atoms with Crippen molar-refractivity contribution in [2.45, 2.75) is 6.92 Å². The highest BCUT2D eigenvalue weighted by molar-refractivity contribution is 9.10. The van der Waals surface area contributed by atoms with E-state index >= 15 is 0 Å². The molecule has 1 heterocycles. The number of amides is 1. The summed E-state index contributed by atoms with van der Waals surface area (Å²) in [6.07, 6.45) is 1.53. The molecule has 1 aromatic carbocycles. The van der Waals surface area contributed by atoms with Crippen LogP contribution >= 0.6 is 15.9 Å². The minimum atomic E-state index is -0.377. The summed E-state index contributed by atoms with van der Waals surface area (Å²) in [5.74, 6) is -0.692. The molecule has 1 amide bonds. The molecule has 1 N–H and O–H groups in total. The Balaban J connectivity index is 2.13. The van der Waals surface area contributed by atoms with E-state index < -0.39 is 0 Å². The van der Waals surface area contributed by atoms with E-state index in [9.17, 15) is 9.18 Å². The number of hydrogen-bond donors (Lipinski definition) is 1. The number of carbonyl (C=O) groups excluding carboxylic acids is 1. The van der Waals surface area contributed by atoms with Crippen molar-refractivity contribution in [3.8, 4) is 0 Å². The number of benzene rings is 1. The van der Waals surface area contributed by atoms with Crippen molar-refractivity contribution in [2.75, 3.05) is 0 Å². The van der Waals surface area contributed by atoms with Crippen molar-refractivity contribution < 1.29 is 9.18 Å². The number of aromatic nitrogens is 2. The lowest BCUT2D eigenvalue weighted by molar-refractivity contribution is 0.0944. The number of nitrogens with zero attached hydrogens (tertiary/aromatic N) is 3. The molecule has 5 nitrogen and oxygen atoms in total. The molecule has 0 atom stereocenters. The maximum atomic E-state index is 12.8. The molecule has 0 aliphatic carbocycles. The minimum absolute atomic E-state index is 0.315. The fraction of sp³-hybridized carbons (Fsp3) is 0.154. The number of aryl methyl sites for hydroxylation is 1. The molecule has 7 heteroatoms. The fourth-order valence-corrected chi connectivity index (χ4v) is 2.14. The van der Waals surface area contributed by atoms with Crippen molar-refractivity contribution in [1.82, 2.24) is 15.2 Å². The van der Waals surface area contributed by atoms with Crippen molar-refractivity contribution in [3.63, 3.8) is 0 Å². The molecule has 20 heavy (non-hydrogen) atoms. The summed E-state index contributed by atoms with van der Waals surface area (Å²) in [5.41, 5.74) is 4.13. The van der Waals surface area contributed by atoms with E-state index in [2.05, 4.69) is 31.6 Å². The first-order chi connectivity index (χ1) is 9.49. The Morgan fingerprint density at radius 1 is 1.40 bits per heavy atom. The third-order valence-corrected chi connectivity index (χ3v) is 3.28. The largest absolute Gasteiger partial charge is 0.290 e. The van der Waals surface area contributed by atoms with Gasteiger partial charge in [0.1, 0.15) is 11.5 Å². The maximum Gasteiger partial charge on any atom is 0.290 e. The van der Waals surface area contributed by atoms with Crippen LogP contribution in [0.3, 0.4) is 0 Å². The quantitative estimate of drug-likeness (QED) is 0.690. The summed E-state index contributed by atoms with van der Waals surface area (Å²) in [4.78, 5) is 12.0. The SMILES string of the molecule is CC(=NNC(=O)c1c(Br)cnn1C)c1ccc(F)cc1. The number of halogens is 2. The summed E-state index contributed by atoms with van der Waals surface area (Å²) >= 11 is 3.24. The Morgan fingerprint density at radius 2 is 2.05 bits per heavy atom. The molecule has 0 unspecified atom stereocenters. The van der Waals surface area contributed by atoms with Crippen LogP contribution in [0.4, 0.5) is 4.39 Å². The molecule has 1 aromatic heterocycles. The zero-order valence-electron chi connectivity index (χ0n) is 10.9. The second kappa shape index (κ2) is 5.96. The van der Waals surface area contributed by atoms with E-state index in [1.165, 1.54) is 23.0 Å². The van der Waals surface area contributed by atoms with Crippen LogP contribution in [0, 0.1) is 5.82 Å². The van der Waals surface area contributed by atoms with Gasteiger partial charge in [0, 0.05) is 7.05 Å². The fourth-order valence-electron chi connectivity index (χ4n) is 1.61. The van der Waals surface area contributed by atoms with Gasteiger partial charge in [-0.25, -0.2) is 9.82 Å². The summed E-state index contributed by atoms with van der Waals surface area (Å²) in [6, 6.07) is 5.88. The van der Waals surface area contributed by atoms with Crippen LogP contribution in [0.15, 0.2) is 40.0 Å². The van der Waals surface area contributed by atoms with Gasteiger partial charge in [-0.3, -0.25) is 9.48 Å². The van der Waals surface area contributed by atoms with E-state index in [4.69, 9.17) is 0 Å². The van der Waals surface area contributed by atoms with Crippen LogP contribution in [-0.4, -0.2) is 21.4 Å². The van der Waals surface area contributed by atoms with Crippen LogP contribution in [0.25, 0.3) is 0 Å². The van der Waals surface area contributed by atoms with Gasteiger partial charge in [-0.05, 0) is 40.5 Å². The van der Waals surface area contributed by atoms with Gasteiger partial charge in [-0.2, -0.15) is 10.2 Å². The number of rotatable bonds is 3. The molecule has 104 valence electrons.